The molecule has 0 bridgehead atoms. The van der Waals surface area contributed by atoms with E-state index in [0.29, 0.717) is 12.6 Å². The van der Waals surface area contributed by atoms with E-state index in [0.717, 1.165) is 18.5 Å². The van der Waals surface area contributed by atoms with Gasteiger partial charge in [-0.1, -0.05) is 37.3 Å². The molecule has 1 aromatic carbocycles. The first-order valence-electron chi connectivity index (χ1n) is 6.73. The van der Waals surface area contributed by atoms with Crippen LogP contribution in [-0.2, 0) is 4.79 Å². The van der Waals surface area contributed by atoms with Crippen molar-refractivity contribution >= 4 is 17.5 Å². The van der Waals surface area contributed by atoms with Crippen molar-refractivity contribution in [3.63, 3.8) is 0 Å². The smallest absolute Gasteiger partial charge is 0.242 e. The molecule has 0 radical (unpaired) electrons. The highest BCUT2D eigenvalue weighted by molar-refractivity contribution is 6.30. The molecule has 1 N–H and O–H groups in total. The highest BCUT2D eigenvalue weighted by Crippen LogP contribution is 2.19. The van der Waals surface area contributed by atoms with Gasteiger partial charge in [-0.25, -0.2) is 0 Å². The van der Waals surface area contributed by atoms with Crippen molar-refractivity contribution in [3.8, 4) is 0 Å². The molecule has 0 aliphatic rings. The third-order valence-corrected chi connectivity index (χ3v) is 3.67. The van der Waals surface area contributed by atoms with Crippen LogP contribution in [0.3, 0.4) is 0 Å². The number of halogens is 1. The Hall–Kier alpha value is -1.06. The molecule has 0 heterocycles. The minimum atomic E-state index is -0.620. The summed E-state index contributed by atoms with van der Waals surface area (Å²) in [5.74, 6) is -0.135. The van der Waals surface area contributed by atoms with E-state index in [1.165, 1.54) is 0 Å². The molecule has 2 atom stereocenters. The summed E-state index contributed by atoms with van der Waals surface area (Å²) in [5.41, 5.74) is 0.830. The monoisotopic (exact) mass is 282 g/mol. The van der Waals surface area contributed by atoms with Crippen molar-refractivity contribution in [1.82, 2.24) is 10.2 Å². The van der Waals surface area contributed by atoms with Gasteiger partial charge in [-0.2, -0.15) is 0 Å². The summed E-state index contributed by atoms with van der Waals surface area (Å²) >= 11 is 6.16. The predicted molar refractivity (Wildman–Crippen MR) is 80.4 cm³/mol. The Bertz CT molecular complexity index is 383. The molecule has 0 aromatic heterocycles. The first-order chi connectivity index (χ1) is 9.06. The SMILES string of the molecule is CCCN(C)C(C)CNC(=O)C(Cl)c1ccccc1. The molecule has 3 nitrogen and oxygen atoms in total. The number of carbonyl (C=O) groups is 1. The van der Waals surface area contributed by atoms with E-state index in [9.17, 15) is 4.79 Å². The number of hydrogen-bond donors (Lipinski definition) is 1. The molecule has 0 saturated carbocycles. The molecule has 0 fully saturated rings. The molecule has 1 aromatic rings. The molecule has 0 aliphatic carbocycles. The zero-order valence-electron chi connectivity index (χ0n) is 11.9. The van der Waals surface area contributed by atoms with Crippen molar-refractivity contribution in [2.24, 2.45) is 0 Å². The summed E-state index contributed by atoms with van der Waals surface area (Å²) in [6.45, 7) is 5.89. The third kappa shape index (κ3) is 5.21. The third-order valence-electron chi connectivity index (χ3n) is 3.22. The van der Waals surface area contributed by atoms with E-state index in [4.69, 9.17) is 11.6 Å². The first kappa shape index (κ1) is 16.0. The van der Waals surface area contributed by atoms with E-state index in [-0.39, 0.29) is 5.91 Å². The summed E-state index contributed by atoms with van der Waals surface area (Å²) in [4.78, 5) is 14.2. The van der Waals surface area contributed by atoms with E-state index in [1.54, 1.807) is 0 Å². The zero-order valence-corrected chi connectivity index (χ0v) is 12.7. The minimum Gasteiger partial charge on any atom is -0.353 e. The average molecular weight is 283 g/mol. The van der Waals surface area contributed by atoms with Gasteiger partial charge in [0, 0.05) is 12.6 Å². The van der Waals surface area contributed by atoms with Crippen LogP contribution < -0.4 is 5.32 Å². The van der Waals surface area contributed by atoms with E-state index < -0.39 is 5.38 Å². The lowest BCUT2D eigenvalue weighted by Crippen LogP contribution is -2.41. The largest absolute Gasteiger partial charge is 0.353 e. The van der Waals surface area contributed by atoms with Crippen LogP contribution in [0.15, 0.2) is 30.3 Å². The van der Waals surface area contributed by atoms with E-state index >= 15 is 0 Å². The fourth-order valence-corrected chi connectivity index (χ4v) is 2.06. The van der Waals surface area contributed by atoms with Gasteiger partial charge in [0.1, 0.15) is 5.38 Å². The number of likely N-dealkylation sites (N-methyl/N-ethyl adjacent to an activating group) is 1. The molecule has 0 saturated heterocycles. The maximum Gasteiger partial charge on any atom is 0.242 e. The topological polar surface area (TPSA) is 32.3 Å². The second-order valence-electron chi connectivity index (χ2n) is 4.85. The number of nitrogens with one attached hydrogen (secondary N) is 1. The Labute approximate surface area is 120 Å². The Balaban J connectivity index is 2.43. The normalized spacial score (nSPS) is 14.2. The summed E-state index contributed by atoms with van der Waals surface area (Å²) < 4.78 is 0. The molecule has 1 amide bonds. The van der Waals surface area contributed by atoms with Gasteiger partial charge in [-0.3, -0.25) is 4.79 Å². The van der Waals surface area contributed by atoms with E-state index in [1.807, 2.05) is 30.3 Å². The maximum atomic E-state index is 12.0. The molecule has 0 aliphatic heterocycles. The van der Waals surface area contributed by atoms with E-state index in [2.05, 4.69) is 31.1 Å². The maximum absolute atomic E-state index is 12.0. The van der Waals surface area contributed by atoms with Crippen molar-refractivity contribution < 1.29 is 4.79 Å². The van der Waals surface area contributed by atoms with Gasteiger partial charge in [-0.05, 0) is 32.5 Å². The highest BCUT2D eigenvalue weighted by atomic mass is 35.5. The number of carbonyl (C=O) groups excluding carboxylic acids is 1. The Morgan fingerprint density at radius 1 is 1.37 bits per heavy atom. The van der Waals surface area contributed by atoms with Gasteiger partial charge in [-0.15, -0.1) is 11.6 Å². The van der Waals surface area contributed by atoms with Crippen molar-refractivity contribution in [2.75, 3.05) is 20.1 Å². The standard InChI is InChI=1S/C15H23ClN2O/c1-4-10-18(3)12(2)11-17-15(19)14(16)13-8-6-5-7-9-13/h5-9,12,14H,4,10-11H2,1-3H3,(H,17,19). The molecule has 0 spiro atoms. The number of alkyl halides is 1. The number of rotatable bonds is 7. The highest BCUT2D eigenvalue weighted by Gasteiger charge is 2.18. The van der Waals surface area contributed by atoms with Crippen LogP contribution in [-0.4, -0.2) is 37.0 Å². The first-order valence-corrected chi connectivity index (χ1v) is 7.16. The summed E-state index contributed by atoms with van der Waals surface area (Å²) in [7, 11) is 2.07. The lowest BCUT2D eigenvalue weighted by molar-refractivity contribution is -0.121. The van der Waals surface area contributed by atoms with Crippen LogP contribution >= 0.6 is 11.6 Å². The van der Waals surface area contributed by atoms with Gasteiger partial charge < -0.3 is 10.2 Å². The van der Waals surface area contributed by atoms with Gasteiger partial charge in [0.25, 0.3) is 0 Å². The van der Waals surface area contributed by atoms with Crippen LogP contribution in [0, 0.1) is 0 Å². The fraction of sp³-hybridized carbons (Fsp3) is 0.533. The quantitative estimate of drug-likeness (QED) is 0.780. The lowest BCUT2D eigenvalue weighted by Gasteiger charge is -2.24. The zero-order chi connectivity index (χ0) is 14.3. The summed E-state index contributed by atoms with van der Waals surface area (Å²) in [6, 6.07) is 9.72. The average Bonchev–Trinajstić information content (AvgIpc) is 2.44. The lowest BCUT2D eigenvalue weighted by atomic mass is 10.1. The molecular formula is C15H23ClN2O. The van der Waals surface area contributed by atoms with Gasteiger partial charge in [0.15, 0.2) is 0 Å². The molecule has 4 heteroatoms. The van der Waals surface area contributed by atoms with Gasteiger partial charge >= 0.3 is 0 Å². The molecular weight excluding hydrogens is 260 g/mol. The van der Waals surface area contributed by atoms with Gasteiger partial charge in [0.2, 0.25) is 5.91 Å². The molecule has 1 rings (SSSR count). The van der Waals surface area contributed by atoms with Gasteiger partial charge in [0.05, 0.1) is 0 Å². The molecule has 2 unspecified atom stereocenters. The van der Waals surface area contributed by atoms with Crippen molar-refractivity contribution in [1.29, 1.82) is 0 Å². The van der Waals surface area contributed by atoms with Crippen molar-refractivity contribution in [3.05, 3.63) is 35.9 Å². The Morgan fingerprint density at radius 2 is 2.00 bits per heavy atom. The van der Waals surface area contributed by atoms with Crippen molar-refractivity contribution in [2.45, 2.75) is 31.7 Å². The Morgan fingerprint density at radius 3 is 2.58 bits per heavy atom. The summed E-state index contributed by atoms with van der Waals surface area (Å²) in [6.07, 6.45) is 1.11. The number of hydrogen-bond acceptors (Lipinski definition) is 2. The van der Waals surface area contributed by atoms with Crippen LogP contribution in [0.25, 0.3) is 0 Å². The van der Waals surface area contributed by atoms with Crippen LogP contribution in [0.2, 0.25) is 0 Å². The number of benzene rings is 1. The minimum absolute atomic E-state index is 0.135. The van der Waals surface area contributed by atoms with Crippen LogP contribution in [0.4, 0.5) is 0 Å². The second kappa shape index (κ2) is 8.18. The number of nitrogens with zero attached hydrogens (tertiary/aromatic N) is 1. The molecule has 106 valence electrons. The Kier molecular flexibility index (Phi) is 6.89. The van der Waals surface area contributed by atoms with Crippen LogP contribution in [0.1, 0.15) is 31.2 Å². The number of amides is 1. The fourth-order valence-electron chi connectivity index (χ4n) is 1.84. The second-order valence-corrected chi connectivity index (χ2v) is 5.28. The predicted octanol–water partition coefficient (Wildman–Crippen LogP) is 2.81. The van der Waals surface area contributed by atoms with Crippen LogP contribution in [0.5, 0.6) is 0 Å². The molecule has 19 heavy (non-hydrogen) atoms. The summed E-state index contributed by atoms with van der Waals surface area (Å²) in [5, 5.41) is 2.29.